The first-order valence-electron chi connectivity index (χ1n) is 6.54. The van der Waals surface area contributed by atoms with E-state index in [0.29, 0.717) is 22.8 Å². The van der Waals surface area contributed by atoms with Crippen LogP contribution in [0.3, 0.4) is 0 Å². The summed E-state index contributed by atoms with van der Waals surface area (Å²) in [5, 5.41) is 9.68. The van der Waals surface area contributed by atoms with Gasteiger partial charge < -0.3 is 5.32 Å². The van der Waals surface area contributed by atoms with Crippen LogP contribution in [0, 0.1) is 0 Å². The zero-order valence-corrected chi connectivity index (χ0v) is 12.6. The van der Waals surface area contributed by atoms with Gasteiger partial charge in [0.15, 0.2) is 10.9 Å². The number of ketones is 1. The molecule has 0 spiro atoms. The van der Waals surface area contributed by atoms with Crippen molar-refractivity contribution in [1.82, 2.24) is 15.2 Å². The Bertz CT molecular complexity index is 610. The van der Waals surface area contributed by atoms with Crippen LogP contribution < -0.4 is 5.32 Å². The average Bonchev–Trinajstić information content (AvgIpc) is 2.98. The largest absolute Gasteiger partial charge is 0.325 e. The van der Waals surface area contributed by atoms with E-state index in [2.05, 4.69) is 20.5 Å². The third kappa shape index (κ3) is 4.16. The Morgan fingerprint density at radius 1 is 1.33 bits per heavy atom. The minimum absolute atomic E-state index is 0.000172. The summed E-state index contributed by atoms with van der Waals surface area (Å²) < 4.78 is 0. The average molecular weight is 304 g/mol. The molecule has 0 radical (unpaired) electrons. The van der Waals surface area contributed by atoms with Crippen molar-refractivity contribution in [2.75, 3.05) is 5.32 Å². The quantitative estimate of drug-likeness (QED) is 0.632. The van der Waals surface area contributed by atoms with Crippen LogP contribution >= 0.6 is 11.8 Å². The van der Waals surface area contributed by atoms with Gasteiger partial charge in [-0.1, -0.05) is 18.7 Å². The molecular weight excluding hydrogens is 288 g/mol. The van der Waals surface area contributed by atoms with Crippen molar-refractivity contribution in [2.24, 2.45) is 0 Å². The van der Waals surface area contributed by atoms with Crippen molar-refractivity contribution >= 4 is 29.1 Å². The summed E-state index contributed by atoms with van der Waals surface area (Å²) in [5.74, 6) is -0.102. The standard InChI is InChI=1S/C14H16N4O2S/c1-3-12(21-14-15-8-16-18-14)13(20)17-11-6-4-10(5-7-11)9(2)19/h4-8,12H,3H2,1-2H3,(H,17,20)(H,15,16,18)/t12-/m0/s1. The SMILES string of the molecule is CC[C@H](Sc1ncn[nH]1)C(=O)Nc1ccc(C(C)=O)cc1. The van der Waals surface area contributed by atoms with Crippen LogP contribution in [0.15, 0.2) is 35.7 Å². The molecular formula is C14H16N4O2S. The van der Waals surface area contributed by atoms with Crippen LogP contribution in [0.25, 0.3) is 0 Å². The topological polar surface area (TPSA) is 87.7 Å². The van der Waals surface area contributed by atoms with E-state index < -0.39 is 0 Å². The molecule has 110 valence electrons. The molecule has 1 aromatic carbocycles. The fourth-order valence-corrected chi connectivity index (χ4v) is 2.53. The number of nitrogens with one attached hydrogen (secondary N) is 2. The minimum Gasteiger partial charge on any atom is -0.325 e. The molecule has 1 amide bonds. The highest BCUT2D eigenvalue weighted by Crippen LogP contribution is 2.22. The highest BCUT2D eigenvalue weighted by Gasteiger charge is 2.19. The van der Waals surface area contributed by atoms with Crippen LogP contribution in [0.2, 0.25) is 0 Å². The van der Waals surface area contributed by atoms with Crippen LogP contribution in [0.4, 0.5) is 5.69 Å². The summed E-state index contributed by atoms with van der Waals surface area (Å²) in [7, 11) is 0. The number of carbonyl (C=O) groups is 2. The number of anilines is 1. The summed E-state index contributed by atoms with van der Waals surface area (Å²) in [4.78, 5) is 27.4. The van der Waals surface area contributed by atoms with E-state index in [4.69, 9.17) is 0 Å². The van der Waals surface area contributed by atoms with Crippen molar-refractivity contribution in [3.8, 4) is 0 Å². The Hall–Kier alpha value is -2.15. The number of hydrogen-bond donors (Lipinski definition) is 2. The van der Waals surface area contributed by atoms with Crippen LogP contribution in [0.5, 0.6) is 0 Å². The zero-order valence-electron chi connectivity index (χ0n) is 11.8. The Labute approximate surface area is 126 Å². The van der Waals surface area contributed by atoms with E-state index in [1.807, 2.05) is 6.92 Å². The fourth-order valence-electron chi connectivity index (χ4n) is 1.72. The molecule has 2 aromatic rings. The van der Waals surface area contributed by atoms with Gasteiger partial charge >= 0.3 is 0 Å². The molecule has 0 saturated heterocycles. The first kappa shape index (κ1) is 15.2. The first-order chi connectivity index (χ1) is 10.1. The van der Waals surface area contributed by atoms with E-state index in [1.54, 1.807) is 24.3 Å². The van der Waals surface area contributed by atoms with Crippen molar-refractivity contribution in [2.45, 2.75) is 30.7 Å². The number of hydrogen-bond acceptors (Lipinski definition) is 5. The maximum absolute atomic E-state index is 12.2. The van der Waals surface area contributed by atoms with Gasteiger partial charge in [0.1, 0.15) is 6.33 Å². The lowest BCUT2D eigenvalue weighted by molar-refractivity contribution is -0.115. The molecule has 0 saturated carbocycles. The lowest BCUT2D eigenvalue weighted by Gasteiger charge is -2.13. The lowest BCUT2D eigenvalue weighted by atomic mass is 10.1. The van der Waals surface area contributed by atoms with Gasteiger partial charge in [0.2, 0.25) is 5.91 Å². The number of benzene rings is 1. The molecule has 0 aliphatic carbocycles. The Morgan fingerprint density at radius 3 is 2.57 bits per heavy atom. The number of H-pyrrole nitrogens is 1. The minimum atomic E-state index is -0.259. The molecule has 0 aliphatic heterocycles. The molecule has 1 atom stereocenters. The highest BCUT2D eigenvalue weighted by molar-refractivity contribution is 8.00. The van der Waals surface area contributed by atoms with Gasteiger partial charge in [-0.25, -0.2) is 4.98 Å². The zero-order chi connectivity index (χ0) is 15.2. The maximum Gasteiger partial charge on any atom is 0.237 e. The number of nitrogens with zero attached hydrogens (tertiary/aromatic N) is 2. The smallest absolute Gasteiger partial charge is 0.237 e. The molecule has 6 nitrogen and oxygen atoms in total. The highest BCUT2D eigenvalue weighted by atomic mass is 32.2. The summed E-state index contributed by atoms with van der Waals surface area (Å²) in [5.41, 5.74) is 1.29. The molecule has 0 bridgehead atoms. The van der Waals surface area contributed by atoms with Gasteiger partial charge in [-0.3, -0.25) is 14.7 Å². The molecule has 7 heteroatoms. The lowest BCUT2D eigenvalue weighted by Crippen LogP contribution is -2.24. The van der Waals surface area contributed by atoms with E-state index in [1.165, 1.54) is 25.0 Å². The third-order valence-corrected chi connectivity index (χ3v) is 4.12. The number of aromatic amines is 1. The summed E-state index contributed by atoms with van der Waals surface area (Å²) in [6, 6.07) is 6.84. The van der Waals surface area contributed by atoms with Crippen molar-refractivity contribution in [3.63, 3.8) is 0 Å². The first-order valence-corrected chi connectivity index (χ1v) is 7.42. The third-order valence-electron chi connectivity index (χ3n) is 2.87. The van der Waals surface area contributed by atoms with Crippen LogP contribution in [0.1, 0.15) is 30.6 Å². The van der Waals surface area contributed by atoms with E-state index in [-0.39, 0.29) is 16.9 Å². The van der Waals surface area contributed by atoms with Crippen LogP contribution in [-0.2, 0) is 4.79 Å². The monoisotopic (exact) mass is 304 g/mol. The van der Waals surface area contributed by atoms with Gasteiger partial charge in [-0.15, -0.1) is 0 Å². The molecule has 0 fully saturated rings. The Morgan fingerprint density at radius 2 is 2.05 bits per heavy atom. The Balaban J connectivity index is 2.00. The van der Waals surface area contributed by atoms with Gasteiger partial charge in [-0.05, 0) is 37.6 Å². The second-order valence-corrected chi connectivity index (χ2v) is 5.62. The fraction of sp³-hybridized carbons (Fsp3) is 0.286. The summed E-state index contributed by atoms with van der Waals surface area (Å²) in [6.07, 6.45) is 2.08. The number of rotatable bonds is 6. The van der Waals surface area contributed by atoms with Crippen molar-refractivity contribution < 1.29 is 9.59 Å². The molecule has 21 heavy (non-hydrogen) atoms. The predicted octanol–water partition coefficient (Wildman–Crippen LogP) is 2.52. The number of amides is 1. The van der Waals surface area contributed by atoms with E-state index in [9.17, 15) is 9.59 Å². The van der Waals surface area contributed by atoms with Crippen LogP contribution in [-0.4, -0.2) is 32.1 Å². The molecule has 0 aliphatic rings. The summed E-state index contributed by atoms with van der Waals surface area (Å²) >= 11 is 1.34. The van der Waals surface area contributed by atoms with Crippen molar-refractivity contribution in [1.29, 1.82) is 0 Å². The number of thioether (sulfide) groups is 1. The van der Waals surface area contributed by atoms with Crippen molar-refractivity contribution in [3.05, 3.63) is 36.2 Å². The van der Waals surface area contributed by atoms with Gasteiger partial charge in [0.25, 0.3) is 0 Å². The second kappa shape index (κ2) is 7.03. The number of carbonyl (C=O) groups excluding carboxylic acids is 2. The van der Waals surface area contributed by atoms with E-state index in [0.717, 1.165) is 0 Å². The molecule has 2 N–H and O–H groups in total. The van der Waals surface area contributed by atoms with Gasteiger partial charge in [-0.2, -0.15) is 5.10 Å². The van der Waals surface area contributed by atoms with E-state index >= 15 is 0 Å². The normalized spacial score (nSPS) is 11.9. The molecule has 2 rings (SSSR count). The summed E-state index contributed by atoms with van der Waals surface area (Å²) in [6.45, 7) is 3.45. The second-order valence-electron chi connectivity index (χ2n) is 4.43. The molecule has 1 aromatic heterocycles. The molecule has 0 unspecified atom stereocenters. The predicted molar refractivity (Wildman–Crippen MR) is 81.4 cm³/mol. The van der Waals surface area contributed by atoms with Gasteiger partial charge in [0.05, 0.1) is 5.25 Å². The van der Waals surface area contributed by atoms with Gasteiger partial charge in [0, 0.05) is 11.3 Å². The Kier molecular flexibility index (Phi) is 5.10. The number of aromatic nitrogens is 3. The maximum atomic E-state index is 12.2. The number of Topliss-reactive ketones (excluding diaryl/α,β-unsaturated/α-hetero) is 1. The molecule has 1 heterocycles.